The monoisotopic (exact) mass is 412 g/mol. The molecule has 1 N–H and O–H groups in total. The van der Waals surface area contributed by atoms with E-state index in [2.05, 4.69) is 10.5 Å². The Hall–Kier alpha value is -2.93. The zero-order valence-electron chi connectivity index (χ0n) is 16.7. The van der Waals surface area contributed by atoms with Crippen LogP contribution in [0.5, 0.6) is 0 Å². The Morgan fingerprint density at radius 3 is 2.48 bits per heavy atom. The van der Waals surface area contributed by atoms with Gasteiger partial charge < -0.3 is 9.84 Å². The lowest BCUT2D eigenvalue weighted by atomic mass is 10.1. The zero-order chi connectivity index (χ0) is 21.0. The SMILES string of the molecule is Cc1cc(-c2ccc(C)c(S(=O)(=O)CCC(=O)NCc3ccccc3C)c2)on1. The van der Waals surface area contributed by atoms with Crippen molar-refractivity contribution in [3.8, 4) is 11.3 Å². The Bertz CT molecular complexity index is 1130. The van der Waals surface area contributed by atoms with E-state index in [-0.39, 0.29) is 23.0 Å². The predicted octanol–water partition coefficient (Wildman–Crippen LogP) is 3.75. The van der Waals surface area contributed by atoms with Crippen molar-refractivity contribution in [2.45, 2.75) is 38.6 Å². The highest BCUT2D eigenvalue weighted by molar-refractivity contribution is 7.91. The molecule has 3 rings (SSSR count). The normalized spacial score (nSPS) is 11.4. The van der Waals surface area contributed by atoms with E-state index in [1.165, 1.54) is 0 Å². The summed E-state index contributed by atoms with van der Waals surface area (Å²) in [7, 11) is -3.62. The fourth-order valence-electron chi connectivity index (χ4n) is 3.02. The summed E-state index contributed by atoms with van der Waals surface area (Å²) < 4.78 is 30.9. The minimum absolute atomic E-state index is 0.0979. The van der Waals surface area contributed by atoms with Crippen molar-refractivity contribution < 1.29 is 17.7 Å². The van der Waals surface area contributed by atoms with Crippen LogP contribution in [0.4, 0.5) is 0 Å². The van der Waals surface area contributed by atoms with Crippen molar-refractivity contribution in [3.63, 3.8) is 0 Å². The molecule has 0 bridgehead atoms. The van der Waals surface area contributed by atoms with Crippen molar-refractivity contribution in [2.24, 2.45) is 0 Å². The second-order valence-corrected chi connectivity index (χ2v) is 9.16. The minimum atomic E-state index is -3.62. The first-order valence-corrected chi connectivity index (χ1v) is 11.0. The second kappa shape index (κ2) is 8.61. The van der Waals surface area contributed by atoms with Gasteiger partial charge >= 0.3 is 0 Å². The van der Waals surface area contributed by atoms with E-state index in [0.717, 1.165) is 16.8 Å². The number of aromatic nitrogens is 1. The van der Waals surface area contributed by atoms with Gasteiger partial charge in [-0.2, -0.15) is 0 Å². The Morgan fingerprint density at radius 1 is 1.03 bits per heavy atom. The fraction of sp³-hybridized carbons (Fsp3) is 0.273. The summed E-state index contributed by atoms with van der Waals surface area (Å²) in [5, 5.41) is 6.63. The first kappa shape index (κ1) is 20.8. The highest BCUT2D eigenvalue weighted by Crippen LogP contribution is 2.26. The van der Waals surface area contributed by atoms with E-state index in [1.807, 2.05) is 31.2 Å². The average Bonchev–Trinajstić information content (AvgIpc) is 3.12. The molecular weight excluding hydrogens is 388 g/mol. The van der Waals surface area contributed by atoms with Gasteiger partial charge in [-0.05, 0) is 43.5 Å². The van der Waals surface area contributed by atoms with Crippen molar-refractivity contribution in [2.75, 3.05) is 5.75 Å². The van der Waals surface area contributed by atoms with Gasteiger partial charge in [0.25, 0.3) is 0 Å². The first-order chi connectivity index (χ1) is 13.8. The molecule has 29 heavy (non-hydrogen) atoms. The van der Waals surface area contributed by atoms with Crippen LogP contribution in [0.1, 0.15) is 28.8 Å². The van der Waals surface area contributed by atoms with Gasteiger partial charge in [-0.1, -0.05) is 41.6 Å². The Morgan fingerprint density at radius 2 is 1.79 bits per heavy atom. The van der Waals surface area contributed by atoms with Crippen molar-refractivity contribution in [1.82, 2.24) is 10.5 Å². The fourth-order valence-corrected chi connectivity index (χ4v) is 4.55. The van der Waals surface area contributed by atoms with Crippen LogP contribution in [0.2, 0.25) is 0 Å². The Labute approximate surface area is 170 Å². The standard InChI is InChI=1S/C22H24N2O4S/c1-15-6-4-5-7-19(15)14-23-22(25)10-11-29(26,27)21-13-18(9-8-16(21)2)20-12-17(3)24-28-20/h4-9,12-13H,10-11,14H2,1-3H3,(H,23,25). The number of benzene rings is 2. The number of amides is 1. The smallest absolute Gasteiger partial charge is 0.221 e. The summed E-state index contributed by atoms with van der Waals surface area (Å²) in [5.74, 6) is -0.0433. The molecule has 1 amide bonds. The lowest BCUT2D eigenvalue weighted by Gasteiger charge is -2.10. The van der Waals surface area contributed by atoms with Crippen molar-refractivity contribution in [1.29, 1.82) is 0 Å². The first-order valence-electron chi connectivity index (χ1n) is 9.34. The van der Waals surface area contributed by atoms with Crippen molar-refractivity contribution in [3.05, 3.63) is 70.9 Å². The van der Waals surface area contributed by atoms with Crippen LogP contribution in [0.25, 0.3) is 11.3 Å². The number of nitrogens with one attached hydrogen (secondary N) is 1. The van der Waals surface area contributed by atoms with Crippen LogP contribution in [-0.4, -0.2) is 25.2 Å². The minimum Gasteiger partial charge on any atom is -0.356 e. The molecule has 3 aromatic rings. The van der Waals surface area contributed by atoms with E-state index in [9.17, 15) is 13.2 Å². The third-order valence-corrected chi connectivity index (χ3v) is 6.62. The molecule has 0 atom stereocenters. The lowest BCUT2D eigenvalue weighted by Crippen LogP contribution is -2.25. The molecule has 152 valence electrons. The largest absolute Gasteiger partial charge is 0.356 e. The van der Waals surface area contributed by atoms with Crippen LogP contribution in [0.15, 0.2) is 57.9 Å². The van der Waals surface area contributed by atoms with Crippen LogP contribution < -0.4 is 5.32 Å². The summed E-state index contributed by atoms with van der Waals surface area (Å²) in [6.45, 7) is 5.89. The number of hydrogen-bond donors (Lipinski definition) is 1. The van der Waals surface area contributed by atoms with Gasteiger partial charge in [0.05, 0.1) is 16.3 Å². The Kier molecular flexibility index (Phi) is 6.17. The van der Waals surface area contributed by atoms with Crippen LogP contribution >= 0.6 is 0 Å². The predicted molar refractivity (Wildman–Crippen MR) is 111 cm³/mol. The van der Waals surface area contributed by atoms with Gasteiger partial charge in [0.15, 0.2) is 15.6 Å². The molecule has 0 aliphatic heterocycles. The molecule has 0 unspecified atom stereocenters. The van der Waals surface area contributed by atoms with Crippen LogP contribution in [-0.2, 0) is 21.2 Å². The molecule has 7 heteroatoms. The van der Waals surface area contributed by atoms with E-state index in [0.29, 0.717) is 23.4 Å². The molecule has 0 spiro atoms. The van der Waals surface area contributed by atoms with E-state index in [1.54, 1.807) is 38.1 Å². The van der Waals surface area contributed by atoms with Gasteiger partial charge in [-0.3, -0.25) is 4.79 Å². The molecule has 1 aromatic heterocycles. The summed E-state index contributed by atoms with van der Waals surface area (Å²) in [6.07, 6.45) is -0.0979. The second-order valence-electron chi connectivity index (χ2n) is 7.08. The van der Waals surface area contributed by atoms with Crippen LogP contribution in [0, 0.1) is 20.8 Å². The summed E-state index contributed by atoms with van der Waals surface area (Å²) in [5.41, 5.74) is 4.07. The number of aryl methyl sites for hydroxylation is 3. The highest BCUT2D eigenvalue weighted by Gasteiger charge is 2.20. The van der Waals surface area contributed by atoms with Gasteiger partial charge in [-0.25, -0.2) is 8.42 Å². The lowest BCUT2D eigenvalue weighted by molar-refractivity contribution is -0.120. The molecule has 0 radical (unpaired) electrons. The van der Waals surface area contributed by atoms with Crippen LogP contribution in [0.3, 0.4) is 0 Å². The van der Waals surface area contributed by atoms with E-state index < -0.39 is 9.84 Å². The molecule has 2 aromatic carbocycles. The quantitative estimate of drug-likeness (QED) is 0.638. The number of sulfone groups is 1. The third kappa shape index (κ3) is 5.12. The zero-order valence-corrected chi connectivity index (χ0v) is 17.5. The maximum atomic E-state index is 12.8. The summed E-state index contributed by atoms with van der Waals surface area (Å²) >= 11 is 0. The third-order valence-electron chi connectivity index (χ3n) is 4.77. The topological polar surface area (TPSA) is 89.3 Å². The molecule has 0 aliphatic rings. The molecular formula is C22H24N2O4S. The number of carbonyl (C=O) groups is 1. The maximum Gasteiger partial charge on any atom is 0.221 e. The summed E-state index contributed by atoms with van der Waals surface area (Å²) in [6, 6.07) is 14.6. The average molecular weight is 413 g/mol. The van der Waals surface area contributed by atoms with Crippen molar-refractivity contribution >= 4 is 15.7 Å². The molecule has 6 nitrogen and oxygen atoms in total. The number of rotatable bonds is 7. The molecule has 0 saturated heterocycles. The Balaban J connectivity index is 1.67. The number of hydrogen-bond acceptors (Lipinski definition) is 5. The van der Waals surface area contributed by atoms with Gasteiger partial charge in [0, 0.05) is 24.6 Å². The van der Waals surface area contributed by atoms with Gasteiger partial charge in [0.1, 0.15) is 0 Å². The number of nitrogens with zero attached hydrogens (tertiary/aromatic N) is 1. The van der Waals surface area contributed by atoms with E-state index >= 15 is 0 Å². The molecule has 0 fully saturated rings. The van der Waals surface area contributed by atoms with E-state index in [4.69, 9.17) is 4.52 Å². The van der Waals surface area contributed by atoms with Gasteiger partial charge in [0.2, 0.25) is 5.91 Å². The molecule has 0 aliphatic carbocycles. The number of carbonyl (C=O) groups excluding carboxylic acids is 1. The maximum absolute atomic E-state index is 12.8. The summed E-state index contributed by atoms with van der Waals surface area (Å²) in [4.78, 5) is 12.4. The highest BCUT2D eigenvalue weighted by atomic mass is 32.2. The molecule has 0 saturated carbocycles. The van der Waals surface area contributed by atoms with Gasteiger partial charge in [-0.15, -0.1) is 0 Å². The molecule has 1 heterocycles.